The molecule has 134 valence electrons. The maximum atomic E-state index is 11.6. The Bertz CT molecular complexity index is 643. The van der Waals surface area contributed by atoms with Crippen LogP contribution in [0.2, 0.25) is 0 Å². The highest BCUT2D eigenvalue weighted by molar-refractivity contribution is 7.86. The summed E-state index contributed by atoms with van der Waals surface area (Å²) in [6, 6.07) is 4.60. The van der Waals surface area contributed by atoms with Crippen molar-refractivity contribution >= 4 is 10.1 Å². The predicted octanol–water partition coefficient (Wildman–Crippen LogP) is 4.36. The van der Waals surface area contributed by atoms with Crippen LogP contribution in [0.3, 0.4) is 0 Å². The van der Waals surface area contributed by atoms with Gasteiger partial charge in [0.1, 0.15) is 16.4 Å². The Morgan fingerprint density at radius 2 is 1.38 bits per heavy atom. The van der Waals surface area contributed by atoms with Crippen molar-refractivity contribution in [1.29, 1.82) is 0 Å². The smallest absolute Gasteiger partial charge is 0.298 e. The fourth-order valence-electron chi connectivity index (χ4n) is 3.60. The van der Waals surface area contributed by atoms with Crippen LogP contribution in [0.1, 0.15) is 64.2 Å². The van der Waals surface area contributed by atoms with E-state index in [1.165, 1.54) is 31.7 Å². The standard InChI is InChI=1S/C18H26O5S/c19-24(20,21)18-12-11-16(22-14-7-3-1-4-8-14)13-17(18)23-15-9-5-2-6-10-15/h11-15H,1-10H2,(H,19,20,21). The van der Waals surface area contributed by atoms with E-state index in [1.54, 1.807) is 12.1 Å². The quantitative estimate of drug-likeness (QED) is 0.796. The molecule has 0 saturated heterocycles. The van der Waals surface area contributed by atoms with Crippen LogP contribution in [0, 0.1) is 0 Å². The molecule has 0 heterocycles. The molecule has 1 aromatic carbocycles. The third kappa shape index (κ3) is 4.63. The zero-order valence-corrected chi connectivity index (χ0v) is 14.8. The Morgan fingerprint density at radius 3 is 1.92 bits per heavy atom. The van der Waals surface area contributed by atoms with Crippen LogP contribution in [-0.4, -0.2) is 25.2 Å². The molecule has 0 spiro atoms. The Labute approximate surface area is 144 Å². The molecule has 2 fully saturated rings. The molecule has 1 aromatic rings. The number of ether oxygens (including phenoxy) is 2. The van der Waals surface area contributed by atoms with Gasteiger partial charge in [0.25, 0.3) is 10.1 Å². The van der Waals surface area contributed by atoms with Crippen LogP contribution < -0.4 is 9.47 Å². The van der Waals surface area contributed by atoms with Crippen LogP contribution in [-0.2, 0) is 10.1 Å². The Balaban J connectivity index is 1.79. The second-order valence-electron chi connectivity index (χ2n) is 6.84. The van der Waals surface area contributed by atoms with E-state index in [9.17, 15) is 13.0 Å². The minimum atomic E-state index is -4.31. The molecule has 0 unspecified atom stereocenters. The lowest BCUT2D eigenvalue weighted by atomic mass is 9.97. The molecule has 0 aromatic heterocycles. The third-order valence-corrected chi connectivity index (χ3v) is 5.79. The van der Waals surface area contributed by atoms with Crippen LogP contribution in [0.5, 0.6) is 11.5 Å². The summed E-state index contributed by atoms with van der Waals surface area (Å²) in [5.41, 5.74) is 0. The molecule has 5 nitrogen and oxygen atoms in total. The minimum absolute atomic E-state index is 0.00387. The van der Waals surface area contributed by atoms with Crippen LogP contribution >= 0.6 is 0 Å². The van der Waals surface area contributed by atoms with Crippen molar-refractivity contribution in [3.05, 3.63) is 18.2 Å². The molecule has 2 aliphatic rings. The molecule has 6 heteroatoms. The van der Waals surface area contributed by atoms with Crippen molar-refractivity contribution in [3.8, 4) is 11.5 Å². The van der Waals surface area contributed by atoms with E-state index >= 15 is 0 Å². The fraction of sp³-hybridized carbons (Fsp3) is 0.667. The summed E-state index contributed by atoms with van der Waals surface area (Å²) in [5, 5.41) is 0. The number of hydrogen-bond acceptors (Lipinski definition) is 4. The van der Waals surface area contributed by atoms with Gasteiger partial charge in [0.15, 0.2) is 0 Å². The highest BCUT2D eigenvalue weighted by atomic mass is 32.2. The molecular weight excluding hydrogens is 328 g/mol. The Kier molecular flexibility index (Phi) is 5.66. The molecule has 0 atom stereocenters. The predicted molar refractivity (Wildman–Crippen MR) is 91.3 cm³/mol. The molecule has 0 amide bonds. The summed E-state index contributed by atoms with van der Waals surface area (Å²) in [7, 11) is -4.31. The summed E-state index contributed by atoms with van der Waals surface area (Å²) in [5.74, 6) is 0.817. The first-order valence-corrected chi connectivity index (χ1v) is 10.4. The van der Waals surface area contributed by atoms with E-state index in [2.05, 4.69) is 0 Å². The topological polar surface area (TPSA) is 72.8 Å². The van der Waals surface area contributed by atoms with Gasteiger partial charge in [-0.05, 0) is 63.5 Å². The van der Waals surface area contributed by atoms with Gasteiger partial charge < -0.3 is 9.47 Å². The lowest BCUT2D eigenvalue weighted by Gasteiger charge is -2.25. The van der Waals surface area contributed by atoms with Gasteiger partial charge in [-0.15, -0.1) is 0 Å². The van der Waals surface area contributed by atoms with E-state index in [1.807, 2.05) is 0 Å². The second kappa shape index (κ2) is 7.74. The lowest BCUT2D eigenvalue weighted by Crippen LogP contribution is -2.21. The van der Waals surface area contributed by atoms with E-state index < -0.39 is 10.1 Å². The van der Waals surface area contributed by atoms with E-state index in [4.69, 9.17) is 9.47 Å². The maximum absolute atomic E-state index is 11.6. The molecule has 2 saturated carbocycles. The Morgan fingerprint density at radius 1 is 0.833 bits per heavy atom. The van der Waals surface area contributed by atoms with Crippen molar-refractivity contribution in [3.63, 3.8) is 0 Å². The summed E-state index contributed by atoms with van der Waals surface area (Å²) < 4.78 is 44.6. The van der Waals surface area contributed by atoms with Crippen molar-refractivity contribution in [2.45, 2.75) is 81.3 Å². The van der Waals surface area contributed by atoms with Crippen molar-refractivity contribution in [2.24, 2.45) is 0 Å². The lowest BCUT2D eigenvalue weighted by molar-refractivity contribution is 0.143. The Hall–Kier alpha value is -1.27. The molecular formula is C18H26O5S. The van der Waals surface area contributed by atoms with Gasteiger partial charge >= 0.3 is 0 Å². The summed E-state index contributed by atoms with van der Waals surface area (Å²) in [4.78, 5) is -0.177. The van der Waals surface area contributed by atoms with E-state index in [0.717, 1.165) is 38.5 Å². The van der Waals surface area contributed by atoms with E-state index in [-0.39, 0.29) is 22.9 Å². The third-order valence-electron chi connectivity index (χ3n) is 4.89. The van der Waals surface area contributed by atoms with Crippen LogP contribution in [0.25, 0.3) is 0 Å². The first kappa shape index (κ1) is 17.5. The van der Waals surface area contributed by atoms with Crippen molar-refractivity contribution < 1.29 is 22.4 Å². The highest BCUT2D eigenvalue weighted by Gasteiger charge is 2.23. The molecule has 1 N–H and O–H groups in total. The van der Waals surface area contributed by atoms with E-state index in [0.29, 0.717) is 5.75 Å². The van der Waals surface area contributed by atoms with Gasteiger partial charge in [-0.25, -0.2) is 0 Å². The average molecular weight is 354 g/mol. The van der Waals surface area contributed by atoms with Gasteiger partial charge in [0.05, 0.1) is 12.2 Å². The monoisotopic (exact) mass is 354 g/mol. The molecule has 0 aliphatic heterocycles. The van der Waals surface area contributed by atoms with Gasteiger partial charge in [-0.3, -0.25) is 4.55 Å². The number of benzene rings is 1. The molecule has 0 bridgehead atoms. The molecule has 2 aliphatic carbocycles. The molecule has 24 heavy (non-hydrogen) atoms. The van der Waals surface area contributed by atoms with Gasteiger partial charge in [0, 0.05) is 6.07 Å². The maximum Gasteiger partial charge on any atom is 0.298 e. The average Bonchev–Trinajstić information content (AvgIpc) is 2.56. The van der Waals surface area contributed by atoms with Crippen molar-refractivity contribution in [1.82, 2.24) is 0 Å². The summed E-state index contributed by atoms with van der Waals surface area (Å²) >= 11 is 0. The zero-order chi connectivity index (χ0) is 17.0. The molecule has 0 radical (unpaired) electrons. The number of hydrogen-bond donors (Lipinski definition) is 1. The zero-order valence-electron chi connectivity index (χ0n) is 13.9. The minimum Gasteiger partial charge on any atom is -0.490 e. The first-order chi connectivity index (χ1) is 11.5. The normalized spacial score (nSPS) is 20.7. The fourth-order valence-corrected chi connectivity index (χ4v) is 4.21. The highest BCUT2D eigenvalue weighted by Crippen LogP contribution is 2.33. The van der Waals surface area contributed by atoms with Gasteiger partial charge in [0.2, 0.25) is 0 Å². The summed E-state index contributed by atoms with van der Waals surface area (Å²) in [6.45, 7) is 0. The van der Waals surface area contributed by atoms with Crippen molar-refractivity contribution in [2.75, 3.05) is 0 Å². The molecule has 3 rings (SSSR count). The van der Waals surface area contributed by atoms with Crippen LogP contribution in [0.15, 0.2) is 23.1 Å². The van der Waals surface area contributed by atoms with Crippen LogP contribution in [0.4, 0.5) is 0 Å². The first-order valence-electron chi connectivity index (χ1n) is 8.97. The SMILES string of the molecule is O=S(=O)(O)c1ccc(OC2CCCCC2)cc1OC1CCCCC1. The van der Waals surface area contributed by atoms with Gasteiger partial charge in [-0.1, -0.05) is 12.8 Å². The number of rotatable bonds is 5. The van der Waals surface area contributed by atoms with Gasteiger partial charge in [-0.2, -0.15) is 8.42 Å². The summed E-state index contributed by atoms with van der Waals surface area (Å²) in [6.07, 6.45) is 11.0. The second-order valence-corrected chi connectivity index (χ2v) is 8.23. The largest absolute Gasteiger partial charge is 0.490 e.